The fraction of sp³-hybridized carbons (Fsp3) is 0.286. The van der Waals surface area contributed by atoms with E-state index in [2.05, 4.69) is 4.98 Å². The maximum Gasteiger partial charge on any atom is 0.164 e. The van der Waals surface area contributed by atoms with E-state index in [1.165, 1.54) is 6.20 Å². The molecule has 2 N–H and O–H groups in total. The van der Waals surface area contributed by atoms with Crippen LogP contribution in [0.5, 0.6) is 0 Å². The summed E-state index contributed by atoms with van der Waals surface area (Å²) in [5, 5.41) is 17.3. The van der Waals surface area contributed by atoms with Crippen LogP contribution in [0.25, 0.3) is 0 Å². The Morgan fingerprint density at radius 2 is 2.33 bits per heavy atom. The summed E-state index contributed by atoms with van der Waals surface area (Å²) in [6.07, 6.45) is 0.107. The van der Waals surface area contributed by atoms with Gasteiger partial charge < -0.3 is 10.2 Å². The number of aliphatic hydroxyl groups excluding tert-OH is 2. The quantitative estimate of drug-likeness (QED) is 0.683. The SMILES string of the molecule is OC[C@@H](O)c1cnc(Cl)c(F)c1. The molecule has 0 unspecified atom stereocenters. The summed E-state index contributed by atoms with van der Waals surface area (Å²) >= 11 is 5.30. The number of aliphatic hydroxyl groups is 2. The first-order chi connectivity index (χ1) is 5.65. The van der Waals surface area contributed by atoms with Crippen LogP contribution in [0.3, 0.4) is 0 Å². The molecule has 0 fully saturated rings. The first-order valence-corrected chi connectivity index (χ1v) is 3.63. The first kappa shape index (κ1) is 9.38. The van der Waals surface area contributed by atoms with Crippen LogP contribution in [0.15, 0.2) is 12.3 Å². The van der Waals surface area contributed by atoms with Gasteiger partial charge in [0.15, 0.2) is 11.0 Å². The van der Waals surface area contributed by atoms with Gasteiger partial charge in [-0.3, -0.25) is 0 Å². The van der Waals surface area contributed by atoms with E-state index in [0.717, 1.165) is 6.07 Å². The molecule has 1 heterocycles. The van der Waals surface area contributed by atoms with E-state index in [-0.39, 0.29) is 10.7 Å². The highest BCUT2D eigenvalue weighted by molar-refractivity contribution is 6.29. The molecule has 0 aromatic carbocycles. The second kappa shape index (κ2) is 3.80. The van der Waals surface area contributed by atoms with Gasteiger partial charge in [0.2, 0.25) is 0 Å². The molecule has 0 saturated carbocycles. The van der Waals surface area contributed by atoms with Crippen molar-refractivity contribution >= 4 is 11.6 Å². The zero-order valence-corrected chi connectivity index (χ0v) is 6.79. The molecular formula is C7H7ClFNO2. The molecule has 0 spiro atoms. The number of rotatable bonds is 2. The third-order valence-corrected chi connectivity index (χ3v) is 1.65. The van der Waals surface area contributed by atoms with Crippen molar-refractivity contribution in [3.05, 3.63) is 28.8 Å². The van der Waals surface area contributed by atoms with Crippen LogP contribution in [0.2, 0.25) is 5.15 Å². The minimum atomic E-state index is -1.11. The van der Waals surface area contributed by atoms with Gasteiger partial charge in [0.05, 0.1) is 6.61 Å². The smallest absolute Gasteiger partial charge is 0.164 e. The van der Waals surface area contributed by atoms with E-state index in [9.17, 15) is 4.39 Å². The van der Waals surface area contributed by atoms with Crippen molar-refractivity contribution in [3.8, 4) is 0 Å². The van der Waals surface area contributed by atoms with Gasteiger partial charge in [-0.05, 0) is 6.07 Å². The summed E-state index contributed by atoms with van der Waals surface area (Å²) in [6.45, 7) is -0.469. The second-order valence-corrected chi connectivity index (χ2v) is 2.60. The fourth-order valence-corrected chi connectivity index (χ4v) is 0.827. The lowest BCUT2D eigenvalue weighted by molar-refractivity contribution is 0.0951. The van der Waals surface area contributed by atoms with Crippen molar-refractivity contribution in [2.75, 3.05) is 6.61 Å². The number of aromatic nitrogens is 1. The molecule has 0 saturated heterocycles. The van der Waals surface area contributed by atoms with Crippen molar-refractivity contribution in [2.45, 2.75) is 6.10 Å². The lowest BCUT2D eigenvalue weighted by atomic mass is 10.2. The minimum Gasteiger partial charge on any atom is -0.393 e. The van der Waals surface area contributed by atoms with Crippen molar-refractivity contribution in [1.29, 1.82) is 0 Å². The Morgan fingerprint density at radius 1 is 1.67 bits per heavy atom. The number of pyridine rings is 1. The van der Waals surface area contributed by atoms with Crippen molar-refractivity contribution in [1.82, 2.24) is 4.98 Å². The predicted molar refractivity (Wildman–Crippen MR) is 41.3 cm³/mol. The van der Waals surface area contributed by atoms with Gasteiger partial charge in [-0.25, -0.2) is 9.37 Å². The molecular weight excluding hydrogens is 185 g/mol. The van der Waals surface area contributed by atoms with E-state index < -0.39 is 18.5 Å². The first-order valence-electron chi connectivity index (χ1n) is 3.25. The summed E-state index contributed by atoms with van der Waals surface area (Å²) in [5.41, 5.74) is 0.208. The monoisotopic (exact) mass is 191 g/mol. The third-order valence-electron chi connectivity index (χ3n) is 1.38. The summed E-state index contributed by atoms with van der Waals surface area (Å²) in [5.74, 6) is -0.707. The van der Waals surface area contributed by atoms with E-state index in [0.29, 0.717) is 0 Å². The summed E-state index contributed by atoms with van der Waals surface area (Å²) < 4.78 is 12.7. The maximum atomic E-state index is 12.7. The Balaban J connectivity index is 2.96. The van der Waals surface area contributed by atoms with E-state index >= 15 is 0 Å². The van der Waals surface area contributed by atoms with Crippen molar-refractivity contribution in [3.63, 3.8) is 0 Å². The highest BCUT2D eigenvalue weighted by Gasteiger charge is 2.09. The van der Waals surface area contributed by atoms with Gasteiger partial charge in [-0.1, -0.05) is 11.6 Å². The molecule has 0 bridgehead atoms. The topological polar surface area (TPSA) is 53.4 Å². The number of hydrogen-bond acceptors (Lipinski definition) is 3. The molecule has 1 aromatic heterocycles. The Bertz CT molecular complexity index is 282. The van der Waals surface area contributed by atoms with Crippen LogP contribution < -0.4 is 0 Å². The average Bonchev–Trinajstić information content (AvgIpc) is 2.08. The fourth-order valence-electron chi connectivity index (χ4n) is 0.724. The molecule has 0 amide bonds. The molecule has 0 radical (unpaired) electrons. The van der Waals surface area contributed by atoms with Crippen molar-refractivity contribution in [2.24, 2.45) is 0 Å². The van der Waals surface area contributed by atoms with Crippen LogP contribution in [0.4, 0.5) is 4.39 Å². The zero-order chi connectivity index (χ0) is 9.14. The standard InChI is InChI=1S/C7H7ClFNO2/c8-7-5(9)1-4(2-10-7)6(12)3-11/h1-2,6,11-12H,3H2/t6-/m1/s1. The number of nitrogens with zero attached hydrogens (tertiary/aromatic N) is 1. The lowest BCUT2D eigenvalue weighted by Gasteiger charge is -2.06. The van der Waals surface area contributed by atoms with Gasteiger partial charge in [-0.2, -0.15) is 0 Å². The number of halogens is 2. The Labute approximate surface area is 73.4 Å². The van der Waals surface area contributed by atoms with E-state index in [1.54, 1.807) is 0 Å². The molecule has 0 aliphatic carbocycles. The van der Waals surface area contributed by atoms with Crippen LogP contribution >= 0.6 is 11.6 Å². The van der Waals surface area contributed by atoms with Crippen molar-refractivity contribution < 1.29 is 14.6 Å². The average molecular weight is 192 g/mol. The van der Waals surface area contributed by atoms with Gasteiger partial charge in [0.25, 0.3) is 0 Å². The Hall–Kier alpha value is -0.710. The Morgan fingerprint density at radius 3 is 2.83 bits per heavy atom. The molecule has 0 aliphatic rings. The third kappa shape index (κ3) is 1.91. The van der Waals surface area contributed by atoms with Crippen LogP contribution in [0, 0.1) is 5.82 Å². The summed E-state index contributed by atoms with van der Waals surface area (Å²) in [6, 6.07) is 1.04. The van der Waals surface area contributed by atoms with E-state index in [1.807, 2.05) is 0 Å². The normalized spacial score (nSPS) is 13.0. The van der Waals surface area contributed by atoms with Gasteiger partial charge >= 0.3 is 0 Å². The molecule has 12 heavy (non-hydrogen) atoms. The minimum absolute atomic E-state index is 0.208. The number of hydrogen-bond donors (Lipinski definition) is 2. The van der Waals surface area contributed by atoms with Gasteiger partial charge in [-0.15, -0.1) is 0 Å². The summed E-state index contributed by atoms with van der Waals surface area (Å²) in [7, 11) is 0. The highest BCUT2D eigenvalue weighted by Crippen LogP contribution is 2.16. The predicted octanol–water partition coefficient (Wildman–Crippen LogP) is 0.900. The molecule has 1 atom stereocenters. The highest BCUT2D eigenvalue weighted by atomic mass is 35.5. The van der Waals surface area contributed by atoms with Gasteiger partial charge in [0.1, 0.15) is 6.10 Å². The van der Waals surface area contributed by atoms with E-state index in [4.69, 9.17) is 21.8 Å². The van der Waals surface area contributed by atoms with Crippen LogP contribution in [-0.4, -0.2) is 21.8 Å². The molecule has 5 heteroatoms. The molecule has 1 rings (SSSR count). The van der Waals surface area contributed by atoms with Crippen LogP contribution in [0.1, 0.15) is 11.7 Å². The molecule has 66 valence electrons. The molecule has 1 aromatic rings. The lowest BCUT2D eigenvalue weighted by Crippen LogP contribution is -2.03. The van der Waals surface area contributed by atoms with Gasteiger partial charge in [0, 0.05) is 11.8 Å². The Kier molecular flexibility index (Phi) is 2.97. The molecule has 0 aliphatic heterocycles. The maximum absolute atomic E-state index is 12.7. The summed E-state index contributed by atoms with van der Waals surface area (Å²) in [4.78, 5) is 3.47. The zero-order valence-electron chi connectivity index (χ0n) is 6.04. The van der Waals surface area contributed by atoms with Crippen LogP contribution in [-0.2, 0) is 0 Å². The molecule has 3 nitrogen and oxygen atoms in total. The second-order valence-electron chi connectivity index (χ2n) is 2.24. The largest absolute Gasteiger partial charge is 0.393 e.